The van der Waals surface area contributed by atoms with Crippen molar-refractivity contribution >= 4 is 40.6 Å². The van der Waals surface area contributed by atoms with Gasteiger partial charge in [0.1, 0.15) is 0 Å². The van der Waals surface area contributed by atoms with Gasteiger partial charge in [-0.3, -0.25) is 0 Å². The predicted octanol–water partition coefficient (Wildman–Crippen LogP) is 4.95. The fourth-order valence-corrected chi connectivity index (χ4v) is 1.86. The molecule has 2 aromatic rings. The molecule has 0 aliphatic carbocycles. The van der Waals surface area contributed by atoms with Crippen molar-refractivity contribution in [2.45, 2.75) is 6.92 Å². The number of nitrogens with one attached hydrogen (secondary N) is 2. The van der Waals surface area contributed by atoms with Crippen molar-refractivity contribution in [2.24, 2.45) is 0 Å². The van der Waals surface area contributed by atoms with Gasteiger partial charge in [-0.05, 0) is 48.9 Å². The van der Waals surface area contributed by atoms with Crippen LogP contribution in [0.2, 0.25) is 10.0 Å². The van der Waals surface area contributed by atoms with Crippen molar-refractivity contribution in [3.8, 4) is 0 Å². The normalized spacial score (nSPS) is 10.1. The molecule has 3 nitrogen and oxygen atoms in total. The van der Waals surface area contributed by atoms with Crippen molar-refractivity contribution in [1.82, 2.24) is 0 Å². The third-order valence-electron chi connectivity index (χ3n) is 2.62. The minimum Gasteiger partial charge on any atom is -0.308 e. The van der Waals surface area contributed by atoms with Crippen LogP contribution < -0.4 is 10.6 Å². The number of benzene rings is 2. The summed E-state index contributed by atoms with van der Waals surface area (Å²) >= 11 is 11.8. The number of halogens is 2. The maximum atomic E-state index is 11.8. The molecule has 0 aliphatic heterocycles. The molecule has 2 aromatic carbocycles. The molecule has 0 unspecified atom stereocenters. The van der Waals surface area contributed by atoms with Gasteiger partial charge >= 0.3 is 6.03 Å². The van der Waals surface area contributed by atoms with Crippen LogP contribution in [-0.4, -0.2) is 6.03 Å². The average molecular weight is 295 g/mol. The third kappa shape index (κ3) is 3.63. The summed E-state index contributed by atoms with van der Waals surface area (Å²) in [6.07, 6.45) is 0. The second kappa shape index (κ2) is 5.95. The van der Waals surface area contributed by atoms with E-state index in [0.29, 0.717) is 21.4 Å². The van der Waals surface area contributed by atoms with E-state index in [-0.39, 0.29) is 6.03 Å². The number of anilines is 2. The molecule has 98 valence electrons. The molecule has 0 aliphatic rings. The Morgan fingerprint density at radius 1 is 1.00 bits per heavy atom. The largest absolute Gasteiger partial charge is 0.323 e. The lowest BCUT2D eigenvalue weighted by Gasteiger charge is -2.10. The topological polar surface area (TPSA) is 41.1 Å². The van der Waals surface area contributed by atoms with Crippen molar-refractivity contribution < 1.29 is 4.79 Å². The summed E-state index contributed by atoms with van der Waals surface area (Å²) in [5.41, 5.74) is 2.18. The second-order valence-electron chi connectivity index (χ2n) is 4.00. The molecule has 0 bridgehead atoms. The van der Waals surface area contributed by atoms with Crippen LogP contribution >= 0.6 is 23.2 Å². The first-order valence-electron chi connectivity index (χ1n) is 5.65. The number of amides is 2. The Morgan fingerprint density at radius 2 is 1.68 bits per heavy atom. The fraction of sp³-hybridized carbons (Fsp3) is 0.0714. The summed E-state index contributed by atoms with van der Waals surface area (Å²) in [6, 6.07) is 11.9. The molecule has 0 aromatic heterocycles. The summed E-state index contributed by atoms with van der Waals surface area (Å²) in [7, 11) is 0. The minimum atomic E-state index is -0.326. The molecule has 0 saturated carbocycles. The van der Waals surface area contributed by atoms with Gasteiger partial charge in [-0.25, -0.2) is 4.79 Å². The molecule has 2 N–H and O–H groups in total. The Morgan fingerprint density at radius 3 is 2.37 bits per heavy atom. The fourth-order valence-electron chi connectivity index (χ4n) is 1.56. The third-order valence-corrected chi connectivity index (χ3v) is 3.28. The predicted molar refractivity (Wildman–Crippen MR) is 80.3 cm³/mol. The summed E-state index contributed by atoms with van der Waals surface area (Å²) in [5.74, 6) is 0. The van der Waals surface area contributed by atoms with Crippen LogP contribution in [0.1, 0.15) is 5.56 Å². The van der Waals surface area contributed by atoms with Crippen LogP contribution in [0.5, 0.6) is 0 Å². The first kappa shape index (κ1) is 13.7. The number of carbonyl (C=O) groups excluding carboxylic acids is 1. The molecule has 19 heavy (non-hydrogen) atoms. The second-order valence-corrected chi connectivity index (χ2v) is 4.84. The highest BCUT2D eigenvalue weighted by molar-refractivity contribution is 6.32. The molecule has 5 heteroatoms. The molecule has 2 amide bonds. The van der Waals surface area contributed by atoms with Crippen molar-refractivity contribution in [3.63, 3.8) is 0 Å². The van der Waals surface area contributed by atoms with Crippen LogP contribution in [0.3, 0.4) is 0 Å². The molecule has 0 heterocycles. The summed E-state index contributed by atoms with van der Waals surface area (Å²) < 4.78 is 0. The Bertz CT molecular complexity index is 597. The molecule has 0 radical (unpaired) electrons. The van der Waals surface area contributed by atoms with Crippen LogP contribution in [0.4, 0.5) is 16.2 Å². The zero-order valence-electron chi connectivity index (χ0n) is 10.2. The zero-order chi connectivity index (χ0) is 13.8. The smallest absolute Gasteiger partial charge is 0.308 e. The molecule has 0 saturated heterocycles. The highest BCUT2D eigenvalue weighted by Crippen LogP contribution is 2.23. The molecular formula is C14H12Cl2N2O. The van der Waals surface area contributed by atoms with E-state index >= 15 is 0 Å². The lowest BCUT2D eigenvalue weighted by Crippen LogP contribution is -2.19. The summed E-state index contributed by atoms with van der Waals surface area (Å²) in [4.78, 5) is 11.8. The van der Waals surface area contributed by atoms with Gasteiger partial charge in [-0.15, -0.1) is 0 Å². The van der Waals surface area contributed by atoms with Gasteiger partial charge < -0.3 is 10.6 Å². The number of carbonyl (C=O) groups is 1. The SMILES string of the molecule is Cc1c(Cl)cccc1NC(=O)Nc1ccc(Cl)cc1. The van der Waals surface area contributed by atoms with Gasteiger partial charge in [-0.1, -0.05) is 29.3 Å². The zero-order valence-corrected chi connectivity index (χ0v) is 11.7. The van der Waals surface area contributed by atoms with Crippen LogP contribution in [-0.2, 0) is 0 Å². The van der Waals surface area contributed by atoms with Crippen LogP contribution in [0.25, 0.3) is 0 Å². The van der Waals surface area contributed by atoms with Crippen LogP contribution in [0.15, 0.2) is 42.5 Å². The van der Waals surface area contributed by atoms with E-state index < -0.39 is 0 Å². The maximum absolute atomic E-state index is 11.8. The van der Waals surface area contributed by atoms with Gasteiger partial charge in [0.2, 0.25) is 0 Å². The first-order chi connectivity index (χ1) is 9.06. The number of hydrogen-bond acceptors (Lipinski definition) is 1. The summed E-state index contributed by atoms with van der Waals surface area (Å²) in [6.45, 7) is 1.85. The lowest BCUT2D eigenvalue weighted by atomic mass is 10.2. The average Bonchev–Trinajstić information content (AvgIpc) is 2.38. The van der Waals surface area contributed by atoms with E-state index in [1.54, 1.807) is 42.5 Å². The molecule has 2 rings (SSSR count). The first-order valence-corrected chi connectivity index (χ1v) is 6.40. The molecule has 0 spiro atoms. The summed E-state index contributed by atoms with van der Waals surface area (Å²) in [5, 5.41) is 6.70. The van der Waals surface area contributed by atoms with Gasteiger partial charge in [-0.2, -0.15) is 0 Å². The lowest BCUT2D eigenvalue weighted by molar-refractivity contribution is 0.262. The van der Waals surface area contributed by atoms with E-state index in [0.717, 1.165) is 5.56 Å². The van der Waals surface area contributed by atoms with Gasteiger partial charge in [0.15, 0.2) is 0 Å². The highest BCUT2D eigenvalue weighted by atomic mass is 35.5. The number of hydrogen-bond donors (Lipinski definition) is 2. The molecular weight excluding hydrogens is 283 g/mol. The number of urea groups is 1. The molecule has 0 atom stereocenters. The van der Waals surface area contributed by atoms with E-state index in [9.17, 15) is 4.79 Å². The highest BCUT2D eigenvalue weighted by Gasteiger charge is 2.06. The Labute approximate surface area is 121 Å². The molecule has 0 fully saturated rings. The monoisotopic (exact) mass is 294 g/mol. The standard InChI is InChI=1S/C14H12Cl2N2O/c1-9-12(16)3-2-4-13(9)18-14(19)17-11-7-5-10(15)6-8-11/h2-8H,1H3,(H2,17,18,19). The van der Waals surface area contributed by atoms with Crippen molar-refractivity contribution in [3.05, 3.63) is 58.1 Å². The van der Waals surface area contributed by atoms with Crippen LogP contribution in [0, 0.1) is 6.92 Å². The Hall–Kier alpha value is -1.71. The van der Waals surface area contributed by atoms with Crippen molar-refractivity contribution in [1.29, 1.82) is 0 Å². The van der Waals surface area contributed by atoms with Crippen molar-refractivity contribution in [2.75, 3.05) is 10.6 Å². The number of rotatable bonds is 2. The van der Waals surface area contributed by atoms with Gasteiger partial charge in [0.25, 0.3) is 0 Å². The Balaban J connectivity index is 2.05. The maximum Gasteiger partial charge on any atom is 0.323 e. The van der Waals surface area contributed by atoms with E-state index in [2.05, 4.69) is 10.6 Å². The Kier molecular flexibility index (Phi) is 4.30. The van der Waals surface area contributed by atoms with E-state index in [1.165, 1.54) is 0 Å². The van der Waals surface area contributed by atoms with E-state index in [1.807, 2.05) is 6.92 Å². The van der Waals surface area contributed by atoms with Gasteiger partial charge in [0.05, 0.1) is 0 Å². The minimum absolute atomic E-state index is 0.326. The van der Waals surface area contributed by atoms with E-state index in [4.69, 9.17) is 23.2 Å². The quantitative estimate of drug-likeness (QED) is 0.809. The van der Waals surface area contributed by atoms with Gasteiger partial charge in [0, 0.05) is 21.4 Å².